The third-order valence-electron chi connectivity index (χ3n) is 5.33. The highest BCUT2D eigenvalue weighted by Crippen LogP contribution is 2.18. The number of nitrogens with zero attached hydrogens (tertiary/aromatic N) is 1. The van der Waals surface area contributed by atoms with Crippen molar-refractivity contribution in [2.24, 2.45) is 5.10 Å². The fraction of sp³-hybridized carbons (Fsp3) is 0.185. The average Bonchev–Trinajstić information content (AvgIpc) is 2.86. The fourth-order valence-electron chi connectivity index (χ4n) is 3.10. The van der Waals surface area contributed by atoms with E-state index in [1.807, 2.05) is 51.1 Å². The van der Waals surface area contributed by atoms with Crippen LogP contribution >= 0.6 is 0 Å². The standard InChI is InChI=1S/C27H28N4O4/c1-4-20-8-12-22(13-9-20)29-26(33)27(34)31-28-16-21-10-14-23(15-11-21)35-17-25(32)30-24-7-5-6-18(2)19(24)3/h5-16H,4,17H2,1-3H3,(H,29,33)(H,30,32)(H,31,34)/b28-16-. The molecular formula is C27H28N4O4. The highest BCUT2D eigenvalue weighted by atomic mass is 16.5. The topological polar surface area (TPSA) is 109 Å². The molecule has 3 amide bonds. The molecule has 0 aliphatic carbocycles. The number of carbonyl (C=O) groups is 3. The van der Waals surface area contributed by atoms with Crippen molar-refractivity contribution in [1.29, 1.82) is 0 Å². The van der Waals surface area contributed by atoms with Crippen LogP contribution in [0.25, 0.3) is 0 Å². The van der Waals surface area contributed by atoms with Crippen LogP contribution < -0.4 is 20.8 Å². The zero-order valence-electron chi connectivity index (χ0n) is 19.9. The first-order valence-corrected chi connectivity index (χ1v) is 11.2. The van der Waals surface area contributed by atoms with Gasteiger partial charge in [-0.3, -0.25) is 14.4 Å². The van der Waals surface area contributed by atoms with Gasteiger partial charge in [-0.2, -0.15) is 5.10 Å². The van der Waals surface area contributed by atoms with Crippen LogP contribution in [0.4, 0.5) is 11.4 Å². The Morgan fingerprint density at radius 2 is 1.60 bits per heavy atom. The number of benzene rings is 3. The molecule has 0 saturated carbocycles. The first-order chi connectivity index (χ1) is 16.9. The molecule has 0 spiro atoms. The number of anilines is 2. The summed E-state index contributed by atoms with van der Waals surface area (Å²) in [5.41, 5.74) is 7.40. The Hall–Kier alpha value is -4.46. The fourth-order valence-corrected chi connectivity index (χ4v) is 3.10. The summed E-state index contributed by atoms with van der Waals surface area (Å²) in [4.78, 5) is 36.1. The summed E-state index contributed by atoms with van der Waals surface area (Å²) in [6.07, 6.45) is 2.29. The van der Waals surface area contributed by atoms with E-state index >= 15 is 0 Å². The molecule has 0 fully saturated rings. The molecule has 0 atom stereocenters. The largest absolute Gasteiger partial charge is 0.484 e. The number of carbonyl (C=O) groups excluding carboxylic acids is 3. The lowest BCUT2D eigenvalue weighted by atomic mass is 10.1. The van der Waals surface area contributed by atoms with Crippen molar-refractivity contribution in [2.45, 2.75) is 27.2 Å². The summed E-state index contributed by atoms with van der Waals surface area (Å²) >= 11 is 0. The molecule has 8 nitrogen and oxygen atoms in total. The molecule has 0 aromatic heterocycles. The highest BCUT2D eigenvalue weighted by molar-refractivity contribution is 6.39. The van der Waals surface area contributed by atoms with Gasteiger partial charge in [0.15, 0.2) is 6.61 Å². The molecule has 35 heavy (non-hydrogen) atoms. The van der Waals surface area contributed by atoms with Gasteiger partial charge in [0.05, 0.1) is 6.21 Å². The third-order valence-corrected chi connectivity index (χ3v) is 5.33. The highest BCUT2D eigenvalue weighted by Gasteiger charge is 2.12. The molecule has 3 N–H and O–H groups in total. The van der Waals surface area contributed by atoms with Crippen molar-refractivity contribution in [1.82, 2.24) is 5.43 Å². The number of aryl methyl sites for hydroxylation is 2. The van der Waals surface area contributed by atoms with E-state index in [0.29, 0.717) is 17.0 Å². The molecule has 0 aliphatic heterocycles. The normalized spacial score (nSPS) is 10.6. The van der Waals surface area contributed by atoms with E-state index in [2.05, 4.69) is 21.2 Å². The molecule has 3 rings (SSSR count). The number of rotatable bonds is 8. The summed E-state index contributed by atoms with van der Waals surface area (Å²) in [6.45, 7) is 5.84. The smallest absolute Gasteiger partial charge is 0.329 e. The van der Waals surface area contributed by atoms with Crippen LogP contribution in [0.2, 0.25) is 0 Å². The number of hydrogen-bond donors (Lipinski definition) is 3. The maximum atomic E-state index is 12.2. The Balaban J connectivity index is 1.43. The Bertz CT molecular complexity index is 1220. The summed E-state index contributed by atoms with van der Waals surface area (Å²) in [5.74, 6) is -1.44. The number of ether oxygens (including phenoxy) is 1. The van der Waals surface area contributed by atoms with Gasteiger partial charge in [-0.05, 0) is 85.0 Å². The van der Waals surface area contributed by atoms with Crippen LogP contribution in [0.5, 0.6) is 5.75 Å². The number of hydrogen-bond acceptors (Lipinski definition) is 5. The molecule has 180 valence electrons. The predicted octanol–water partition coefficient (Wildman–Crippen LogP) is 3.97. The van der Waals surface area contributed by atoms with Crippen molar-refractivity contribution in [3.05, 3.63) is 89.0 Å². The van der Waals surface area contributed by atoms with Crippen molar-refractivity contribution in [3.63, 3.8) is 0 Å². The van der Waals surface area contributed by atoms with E-state index in [0.717, 1.165) is 28.8 Å². The van der Waals surface area contributed by atoms with Gasteiger partial charge >= 0.3 is 11.8 Å². The molecule has 3 aromatic carbocycles. The summed E-state index contributed by atoms with van der Waals surface area (Å²) in [7, 11) is 0. The minimum atomic E-state index is -0.879. The molecule has 8 heteroatoms. The molecule has 0 unspecified atom stereocenters. The zero-order chi connectivity index (χ0) is 25.2. The van der Waals surface area contributed by atoms with Crippen molar-refractivity contribution < 1.29 is 19.1 Å². The lowest BCUT2D eigenvalue weighted by Crippen LogP contribution is -2.32. The summed E-state index contributed by atoms with van der Waals surface area (Å²) in [5, 5.41) is 9.17. The zero-order valence-corrected chi connectivity index (χ0v) is 19.9. The minimum absolute atomic E-state index is 0.132. The maximum absolute atomic E-state index is 12.2. The van der Waals surface area contributed by atoms with Crippen LogP contribution in [0.15, 0.2) is 71.8 Å². The van der Waals surface area contributed by atoms with Gasteiger partial charge in [-0.1, -0.05) is 31.2 Å². The van der Waals surface area contributed by atoms with Crippen molar-refractivity contribution in [3.8, 4) is 5.75 Å². The van der Waals surface area contributed by atoms with Gasteiger partial charge in [0.25, 0.3) is 5.91 Å². The van der Waals surface area contributed by atoms with Gasteiger partial charge in [0.1, 0.15) is 5.75 Å². The van der Waals surface area contributed by atoms with Crippen LogP contribution in [0, 0.1) is 13.8 Å². The third kappa shape index (κ3) is 7.53. The second-order valence-electron chi connectivity index (χ2n) is 7.86. The Labute approximate surface area is 204 Å². The van der Waals surface area contributed by atoms with E-state index in [4.69, 9.17) is 4.74 Å². The first kappa shape index (κ1) is 25.2. The lowest BCUT2D eigenvalue weighted by Gasteiger charge is -2.11. The number of nitrogens with one attached hydrogen (secondary N) is 3. The second-order valence-corrected chi connectivity index (χ2v) is 7.86. The number of amides is 3. The van der Waals surface area contributed by atoms with Crippen LogP contribution in [0.1, 0.15) is 29.2 Å². The van der Waals surface area contributed by atoms with Crippen molar-refractivity contribution >= 4 is 35.3 Å². The summed E-state index contributed by atoms with van der Waals surface area (Å²) < 4.78 is 5.53. The van der Waals surface area contributed by atoms with Gasteiger partial charge < -0.3 is 15.4 Å². The Kier molecular flexibility index (Phi) is 8.72. The van der Waals surface area contributed by atoms with E-state index in [-0.39, 0.29) is 12.5 Å². The van der Waals surface area contributed by atoms with Crippen molar-refractivity contribution in [2.75, 3.05) is 17.2 Å². The van der Waals surface area contributed by atoms with E-state index < -0.39 is 11.8 Å². The minimum Gasteiger partial charge on any atom is -0.484 e. The molecule has 0 bridgehead atoms. The van der Waals surface area contributed by atoms with E-state index in [9.17, 15) is 14.4 Å². The molecule has 0 saturated heterocycles. The monoisotopic (exact) mass is 472 g/mol. The quantitative estimate of drug-likeness (QED) is 0.262. The molecule has 0 aliphatic rings. The first-order valence-electron chi connectivity index (χ1n) is 11.2. The average molecular weight is 473 g/mol. The van der Waals surface area contributed by atoms with Crippen LogP contribution in [-0.4, -0.2) is 30.5 Å². The van der Waals surface area contributed by atoms with Gasteiger partial charge in [-0.15, -0.1) is 0 Å². The van der Waals surface area contributed by atoms with E-state index in [1.165, 1.54) is 6.21 Å². The number of hydrazone groups is 1. The predicted molar refractivity (Wildman–Crippen MR) is 137 cm³/mol. The summed E-state index contributed by atoms with van der Waals surface area (Å²) in [6, 6.07) is 19.8. The van der Waals surface area contributed by atoms with Crippen LogP contribution in [-0.2, 0) is 20.8 Å². The lowest BCUT2D eigenvalue weighted by molar-refractivity contribution is -0.136. The van der Waals surface area contributed by atoms with Gasteiger partial charge in [0, 0.05) is 11.4 Å². The molecule has 0 heterocycles. The van der Waals surface area contributed by atoms with Gasteiger partial charge in [-0.25, -0.2) is 5.43 Å². The molecule has 0 radical (unpaired) electrons. The van der Waals surface area contributed by atoms with Crippen LogP contribution in [0.3, 0.4) is 0 Å². The molecular weight excluding hydrogens is 444 g/mol. The SMILES string of the molecule is CCc1ccc(NC(=O)C(=O)N/N=C\c2ccc(OCC(=O)Nc3cccc(C)c3C)cc2)cc1. The Morgan fingerprint density at radius 3 is 2.29 bits per heavy atom. The van der Waals surface area contributed by atoms with Gasteiger partial charge in [0.2, 0.25) is 0 Å². The van der Waals surface area contributed by atoms with E-state index in [1.54, 1.807) is 36.4 Å². The Morgan fingerprint density at radius 1 is 0.886 bits per heavy atom. The maximum Gasteiger partial charge on any atom is 0.329 e. The molecule has 3 aromatic rings. The second kappa shape index (κ2) is 12.1.